The number of halogens is 2. The van der Waals surface area contributed by atoms with Gasteiger partial charge in [0, 0.05) is 23.0 Å². The molecule has 0 aliphatic rings. The zero-order valence-corrected chi connectivity index (χ0v) is 12.1. The van der Waals surface area contributed by atoms with Crippen LogP contribution in [-0.2, 0) is 7.05 Å². The minimum atomic E-state index is -0.548. The molecule has 2 aromatic carbocycles. The molecule has 1 atom stereocenters. The van der Waals surface area contributed by atoms with E-state index in [-0.39, 0.29) is 0 Å². The van der Waals surface area contributed by atoms with E-state index in [1.807, 2.05) is 31.3 Å². The van der Waals surface area contributed by atoms with Gasteiger partial charge >= 0.3 is 0 Å². The Labute approximate surface area is 126 Å². The van der Waals surface area contributed by atoms with Gasteiger partial charge in [0.1, 0.15) is 5.82 Å². The van der Waals surface area contributed by atoms with Crippen molar-refractivity contribution in [2.75, 3.05) is 0 Å². The number of hydrazine groups is 1. The molecule has 1 unspecified atom stereocenters. The summed E-state index contributed by atoms with van der Waals surface area (Å²) in [7, 11) is 1.84. The lowest BCUT2D eigenvalue weighted by Crippen LogP contribution is -2.30. The molecule has 6 heteroatoms. The first kappa shape index (κ1) is 14.0. The fourth-order valence-electron chi connectivity index (χ4n) is 2.51. The van der Waals surface area contributed by atoms with Crippen LogP contribution in [0, 0.1) is 5.82 Å². The molecule has 0 aliphatic heterocycles. The second-order valence-corrected chi connectivity index (χ2v) is 5.23. The van der Waals surface area contributed by atoms with Crippen molar-refractivity contribution >= 4 is 22.5 Å². The maximum absolute atomic E-state index is 14.2. The van der Waals surface area contributed by atoms with Gasteiger partial charge < -0.3 is 0 Å². The van der Waals surface area contributed by atoms with Crippen LogP contribution < -0.4 is 11.3 Å². The smallest absolute Gasteiger partial charge is 0.129 e. The van der Waals surface area contributed by atoms with Crippen LogP contribution in [-0.4, -0.2) is 9.78 Å². The lowest BCUT2D eigenvalue weighted by Gasteiger charge is -2.15. The van der Waals surface area contributed by atoms with E-state index in [1.165, 1.54) is 6.07 Å². The quantitative estimate of drug-likeness (QED) is 0.578. The van der Waals surface area contributed by atoms with Crippen molar-refractivity contribution in [3.05, 3.63) is 64.6 Å². The van der Waals surface area contributed by atoms with Crippen LogP contribution in [0.25, 0.3) is 10.9 Å². The largest absolute Gasteiger partial charge is 0.271 e. The number of nitrogens with zero attached hydrogens (tertiary/aromatic N) is 2. The molecule has 0 aliphatic carbocycles. The molecule has 108 valence electrons. The van der Waals surface area contributed by atoms with Crippen molar-refractivity contribution in [2.24, 2.45) is 12.9 Å². The number of nitrogens with one attached hydrogen (secondary N) is 1. The molecule has 0 saturated heterocycles. The van der Waals surface area contributed by atoms with Crippen molar-refractivity contribution in [2.45, 2.75) is 6.04 Å². The zero-order valence-electron chi connectivity index (χ0n) is 11.3. The molecule has 0 bridgehead atoms. The van der Waals surface area contributed by atoms with Gasteiger partial charge in [-0.2, -0.15) is 5.10 Å². The van der Waals surface area contributed by atoms with Crippen LogP contribution in [0.15, 0.2) is 42.5 Å². The minimum absolute atomic E-state index is 0.345. The summed E-state index contributed by atoms with van der Waals surface area (Å²) in [4.78, 5) is 0. The highest BCUT2D eigenvalue weighted by Crippen LogP contribution is 2.29. The predicted molar refractivity (Wildman–Crippen MR) is 81.3 cm³/mol. The van der Waals surface area contributed by atoms with E-state index in [4.69, 9.17) is 17.4 Å². The molecule has 0 spiro atoms. The van der Waals surface area contributed by atoms with Crippen molar-refractivity contribution < 1.29 is 4.39 Å². The van der Waals surface area contributed by atoms with E-state index in [9.17, 15) is 4.39 Å². The van der Waals surface area contributed by atoms with Gasteiger partial charge in [0.2, 0.25) is 0 Å². The fraction of sp³-hybridized carbons (Fsp3) is 0.133. The highest BCUT2D eigenvalue weighted by Gasteiger charge is 2.22. The number of para-hydroxylation sites is 1. The molecule has 4 nitrogen and oxygen atoms in total. The summed E-state index contributed by atoms with van der Waals surface area (Å²) in [6.45, 7) is 0. The second-order valence-electron chi connectivity index (χ2n) is 4.79. The third-order valence-corrected chi connectivity index (χ3v) is 3.74. The lowest BCUT2D eigenvalue weighted by molar-refractivity contribution is 0.549. The van der Waals surface area contributed by atoms with Crippen molar-refractivity contribution in [3.8, 4) is 0 Å². The number of hydrogen-bond acceptors (Lipinski definition) is 3. The molecule has 3 N–H and O–H groups in total. The molecule has 1 heterocycles. The number of rotatable bonds is 3. The summed E-state index contributed by atoms with van der Waals surface area (Å²) < 4.78 is 15.9. The average molecular weight is 305 g/mol. The number of nitrogens with two attached hydrogens (primary N) is 1. The molecule has 21 heavy (non-hydrogen) atoms. The zero-order chi connectivity index (χ0) is 15.0. The van der Waals surface area contributed by atoms with Crippen molar-refractivity contribution in [1.82, 2.24) is 15.2 Å². The lowest BCUT2D eigenvalue weighted by atomic mass is 10.0. The topological polar surface area (TPSA) is 55.9 Å². The number of hydrogen-bond donors (Lipinski definition) is 2. The summed E-state index contributed by atoms with van der Waals surface area (Å²) in [6, 6.07) is 11.7. The maximum Gasteiger partial charge on any atom is 0.129 e. The standard InChI is InChI=1S/C15H14ClFN4/c1-21-13-5-3-2-4-11(13)15(20-21)14(19-18)10-7-6-9(16)8-12(10)17/h2-8,14,19H,18H2,1H3. The molecule has 0 amide bonds. The Morgan fingerprint density at radius 3 is 2.76 bits per heavy atom. The second kappa shape index (κ2) is 5.44. The summed E-state index contributed by atoms with van der Waals surface area (Å²) in [6.07, 6.45) is 0. The van der Waals surface area contributed by atoms with Crippen LogP contribution in [0.3, 0.4) is 0 Å². The monoisotopic (exact) mass is 304 g/mol. The molecular weight excluding hydrogens is 291 g/mol. The van der Waals surface area contributed by atoms with Gasteiger partial charge in [-0.05, 0) is 18.2 Å². The van der Waals surface area contributed by atoms with Crippen LogP contribution in [0.5, 0.6) is 0 Å². The van der Waals surface area contributed by atoms with Gasteiger partial charge in [-0.25, -0.2) is 9.82 Å². The van der Waals surface area contributed by atoms with E-state index in [2.05, 4.69) is 10.5 Å². The van der Waals surface area contributed by atoms with Crippen molar-refractivity contribution in [1.29, 1.82) is 0 Å². The van der Waals surface area contributed by atoms with E-state index in [0.29, 0.717) is 16.3 Å². The van der Waals surface area contributed by atoms with Crippen LogP contribution in [0.2, 0.25) is 5.02 Å². The number of aromatic nitrogens is 2. The average Bonchev–Trinajstić information content (AvgIpc) is 2.80. The first-order valence-corrected chi connectivity index (χ1v) is 6.82. The molecule has 3 rings (SSSR count). The molecule has 3 aromatic rings. The maximum atomic E-state index is 14.2. The first-order chi connectivity index (χ1) is 10.1. The summed E-state index contributed by atoms with van der Waals surface area (Å²) in [5, 5.41) is 5.75. The Morgan fingerprint density at radius 1 is 1.29 bits per heavy atom. The molecular formula is C15H14ClFN4. The SMILES string of the molecule is Cn1nc(C(NN)c2ccc(Cl)cc2F)c2ccccc21. The van der Waals surface area contributed by atoms with Crippen molar-refractivity contribution in [3.63, 3.8) is 0 Å². The van der Waals surface area contributed by atoms with E-state index >= 15 is 0 Å². The Kier molecular flexibility index (Phi) is 3.63. The third-order valence-electron chi connectivity index (χ3n) is 3.50. The van der Waals surface area contributed by atoms with Gasteiger partial charge in [0.05, 0.1) is 17.3 Å². The normalized spacial score (nSPS) is 12.8. The minimum Gasteiger partial charge on any atom is -0.271 e. The molecule has 0 fully saturated rings. The molecule has 0 radical (unpaired) electrons. The van der Waals surface area contributed by atoms with Gasteiger partial charge in [-0.15, -0.1) is 0 Å². The number of aryl methyl sites for hydroxylation is 1. The van der Waals surface area contributed by atoms with E-state index in [0.717, 1.165) is 10.9 Å². The van der Waals surface area contributed by atoms with Gasteiger partial charge in [0.25, 0.3) is 0 Å². The first-order valence-electron chi connectivity index (χ1n) is 6.44. The summed E-state index contributed by atoms with van der Waals surface area (Å²) >= 11 is 5.80. The number of benzene rings is 2. The molecule has 0 saturated carbocycles. The molecule has 1 aromatic heterocycles. The third kappa shape index (κ3) is 2.40. The Balaban J connectivity index is 2.18. The highest BCUT2D eigenvalue weighted by atomic mass is 35.5. The Morgan fingerprint density at radius 2 is 2.05 bits per heavy atom. The Bertz CT molecular complexity index is 799. The van der Waals surface area contributed by atoms with E-state index < -0.39 is 11.9 Å². The van der Waals surface area contributed by atoms with E-state index in [1.54, 1.807) is 16.8 Å². The Hall–Kier alpha value is -1.95. The number of fused-ring (bicyclic) bond motifs is 1. The van der Waals surface area contributed by atoms with Crippen LogP contribution in [0.4, 0.5) is 4.39 Å². The summed E-state index contributed by atoms with van der Waals surface area (Å²) in [5.74, 6) is 5.23. The predicted octanol–water partition coefficient (Wildman–Crippen LogP) is 2.92. The van der Waals surface area contributed by atoms with Gasteiger partial charge in [0.15, 0.2) is 0 Å². The van der Waals surface area contributed by atoms with Crippen LogP contribution in [0.1, 0.15) is 17.3 Å². The fourth-order valence-corrected chi connectivity index (χ4v) is 2.67. The van der Waals surface area contributed by atoms with Crippen LogP contribution >= 0.6 is 11.6 Å². The van der Waals surface area contributed by atoms with Gasteiger partial charge in [-0.3, -0.25) is 10.5 Å². The highest BCUT2D eigenvalue weighted by molar-refractivity contribution is 6.30. The summed E-state index contributed by atoms with van der Waals surface area (Å²) in [5.41, 5.74) is 4.69. The van der Waals surface area contributed by atoms with Gasteiger partial charge in [-0.1, -0.05) is 35.9 Å².